The molecule has 7 nitrogen and oxygen atoms in total. The fraction of sp³-hybridized carbons (Fsp3) is 0.611. The van der Waals surface area contributed by atoms with E-state index in [0.717, 1.165) is 43.5 Å². The van der Waals surface area contributed by atoms with Gasteiger partial charge in [0.2, 0.25) is 5.91 Å². The summed E-state index contributed by atoms with van der Waals surface area (Å²) < 4.78 is 7.33. The van der Waals surface area contributed by atoms with Crippen molar-refractivity contribution < 1.29 is 9.21 Å². The molecule has 0 aliphatic carbocycles. The van der Waals surface area contributed by atoms with Crippen LogP contribution in [0.1, 0.15) is 43.2 Å². The third-order valence-electron chi connectivity index (χ3n) is 4.71. The van der Waals surface area contributed by atoms with Gasteiger partial charge in [0.15, 0.2) is 0 Å². The normalized spacial score (nSPS) is 19.7. The largest absolute Gasteiger partial charge is 0.467 e. The van der Waals surface area contributed by atoms with Gasteiger partial charge in [0.05, 0.1) is 18.8 Å². The third-order valence-corrected chi connectivity index (χ3v) is 4.71. The van der Waals surface area contributed by atoms with Gasteiger partial charge in [0.1, 0.15) is 17.4 Å². The van der Waals surface area contributed by atoms with Gasteiger partial charge in [-0.1, -0.05) is 0 Å². The van der Waals surface area contributed by atoms with Crippen molar-refractivity contribution in [2.75, 3.05) is 19.6 Å². The minimum Gasteiger partial charge on any atom is -0.467 e. The summed E-state index contributed by atoms with van der Waals surface area (Å²) in [5.74, 6) is 3.10. The summed E-state index contributed by atoms with van der Waals surface area (Å²) in [6, 6.07) is 3.61. The van der Waals surface area contributed by atoms with Gasteiger partial charge in [-0.3, -0.25) is 9.69 Å². The lowest BCUT2D eigenvalue weighted by Gasteiger charge is -2.32. The molecule has 0 saturated carbocycles. The highest BCUT2D eigenvalue weighted by atomic mass is 16.3. The number of aryl methyl sites for hydroxylation is 2. The van der Waals surface area contributed by atoms with Gasteiger partial charge in [0.25, 0.3) is 0 Å². The second-order valence-corrected chi connectivity index (χ2v) is 6.94. The van der Waals surface area contributed by atoms with Crippen LogP contribution >= 0.6 is 0 Å². The number of aromatic nitrogens is 3. The number of likely N-dealkylation sites (tertiary alicyclic amines) is 1. The summed E-state index contributed by atoms with van der Waals surface area (Å²) in [7, 11) is 0. The van der Waals surface area contributed by atoms with Crippen LogP contribution in [-0.2, 0) is 11.3 Å². The standard InChI is InChI=1S/C18H27N5O2/c1-13(17-7-5-9-25-17)19-18(24)12-22-8-4-6-16(10-22)11-23-15(3)20-14(2)21-23/h5,7,9,13,16H,4,6,8,10-12H2,1-3H3,(H,19,24)/t13-,16+/m0/s1. The number of furan rings is 1. The topological polar surface area (TPSA) is 76.2 Å². The van der Waals surface area contributed by atoms with Crippen LogP contribution in [0.4, 0.5) is 0 Å². The number of rotatable bonds is 6. The highest BCUT2D eigenvalue weighted by molar-refractivity contribution is 5.78. The van der Waals surface area contributed by atoms with Crippen LogP contribution in [0.15, 0.2) is 22.8 Å². The molecule has 1 aliphatic rings. The van der Waals surface area contributed by atoms with Crippen molar-refractivity contribution in [3.05, 3.63) is 35.8 Å². The van der Waals surface area contributed by atoms with Crippen molar-refractivity contribution in [1.29, 1.82) is 0 Å². The summed E-state index contributed by atoms with van der Waals surface area (Å²) in [6.07, 6.45) is 3.90. The number of nitrogens with zero attached hydrogens (tertiary/aromatic N) is 4. The number of piperidine rings is 1. The van der Waals surface area contributed by atoms with Gasteiger partial charge < -0.3 is 9.73 Å². The molecule has 2 atom stereocenters. The molecule has 1 fully saturated rings. The van der Waals surface area contributed by atoms with Gasteiger partial charge in [-0.2, -0.15) is 5.10 Å². The van der Waals surface area contributed by atoms with Crippen molar-refractivity contribution in [1.82, 2.24) is 25.0 Å². The number of hydrogen-bond acceptors (Lipinski definition) is 5. The first-order valence-electron chi connectivity index (χ1n) is 8.94. The van der Waals surface area contributed by atoms with Crippen LogP contribution < -0.4 is 5.32 Å². The lowest BCUT2D eigenvalue weighted by atomic mass is 9.98. The molecule has 136 valence electrons. The van der Waals surface area contributed by atoms with E-state index in [0.29, 0.717) is 12.5 Å². The Kier molecular flexibility index (Phi) is 5.53. The first-order chi connectivity index (χ1) is 12.0. The monoisotopic (exact) mass is 345 g/mol. The summed E-state index contributed by atoms with van der Waals surface area (Å²) in [5, 5.41) is 7.46. The molecule has 1 aliphatic heterocycles. The molecule has 1 saturated heterocycles. The highest BCUT2D eigenvalue weighted by Crippen LogP contribution is 2.19. The van der Waals surface area contributed by atoms with Gasteiger partial charge in [0, 0.05) is 13.1 Å². The average molecular weight is 345 g/mol. The number of carbonyl (C=O) groups is 1. The van der Waals surface area contributed by atoms with E-state index in [9.17, 15) is 4.79 Å². The molecule has 0 bridgehead atoms. The number of carbonyl (C=O) groups excluding carboxylic acids is 1. The van der Waals surface area contributed by atoms with Gasteiger partial charge >= 0.3 is 0 Å². The Balaban J connectivity index is 1.49. The maximum absolute atomic E-state index is 12.3. The minimum atomic E-state index is -0.108. The molecule has 0 spiro atoms. The first-order valence-corrected chi connectivity index (χ1v) is 8.94. The van der Waals surface area contributed by atoms with E-state index in [1.807, 2.05) is 37.6 Å². The lowest BCUT2D eigenvalue weighted by molar-refractivity contribution is -0.123. The molecule has 25 heavy (non-hydrogen) atoms. The van der Waals surface area contributed by atoms with E-state index in [2.05, 4.69) is 20.3 Å². The summed E-state index contributed by atoms with van der Waals surface area (Å²) >= 11 is 0. The average Bonchev–Trinajstić information content (AvgIpc) is 3.18. The molecule has 1 amide bonds. The molecule has 1 N–H and O–H groups in total. The number of amides is 1. The quantitative estimate of drug-likeness (QED) is 0.867. The highest BCUT2D eigenvalue weighted by Gasteiger charge is 2.23. The summed E-state index contributed by atoms with van der Waals surface area (Å²) in [6.45, 7) is 9.02. The zero-order chi connectivity index (χ0) is 17.8. The Labute approximate surface area is 148 Å². The van der Waals surface area contributed by atoms with Crippen LogP contribution in [0.3, 0.4) is 0 Å². The Morgan fingerprint density at radius 3 is 3.00 bits per heavy atom. The molecule has 3 rings (SSSR count). The van der Waals surface area contributed by atoms with Crippen molar-refractivity contribution in [3.63, 3.8) is 0 Å². The number of hydrogen-bond donors (Lipinski definition) is 1. The van der Waals surface area contributed by atoms with E-state index >= 15 is 0 Å². The van der Waals surface area contributed by atoms with Crippen LogP contribution in [0.2, 0.25) is 0 Å². The molecular weight excluding hydrogens is 318 g/mol. The predicted molar refractivity (Wildman–Crippen MR) is 93.9 cm³/mol. The Bertz CT molecular complexity index is 694. The number of nitrogens with one attached hydrogen (secondary N) is 1. The van der Waals surface area contributed by atoms with Crippen LogP contribution in [-0.4, -0.2) is 45.2 Å². The van der Waals surface area contributed by atoms with E-state index in [-0.39, 0.29) is 11.9 Å². The predicted octanol–water partition coefficient (Wildman–Crippen LogP) is 2.08. The third kappa shape index (κ3) is 4.69. The summed E-state index contributed by atoms with van der Waals surface area (Å²) in [5.41, 5.74) is 0. The van der Waals surface area contributed by atoms with Crippen molar-refractivity contribution in [2.45, 2.75) is 46.2 Å². The van der Waals surface area contributed by atoms with E-state index < -0.39 is 0 Å². The Morgan fingerprint density at radius 2 is 2.32 bits per heavy atom. The SMILES string of the molecule is Cc1nc(C)n(C[C@@H]2CCCN(CC(=O)N[C@@H](C)c3ccco3)C2)n1. The van der Waals surface area contributed by atoms with Crippen molar-refractivity contribution >= 4 is 5.91 Å². The maximum atomic E-state index is 12.3. The molecule has 0 aromatic carbocycles. The second kappa shape index (κ2) is 7.82. The lowest BCUT2D eigenvalue weighted by Crippen LogP contribution is -2.43. The molecule has 2 aromatic heterocycles. The van der Waals surface area contributed by atoms with Gasteiger partial charge in [-0.05, 0) is 58.2 Å². The molecule has 0 radical (unpaired) electrons. The molecule has 0 unspecified atom stereocenters. The summed E-state index contributed by atoms with van der Waals surface area (Å²) in [4.78, 5) is 18.9. The van der Waals surface area contributed by atoms with Crippen LogP contribution in [0.25, 0.3) is 0 Å². The molecule has 2 aromatic rings. The zero-order valence-electron chi connectivity index (χ0n) is 15.2. The van der Waals surface area contributed by atoms with Gasteiger partial charge in [-0.25, -0.2) is 9.67 Å². The van der Waals surface area contributed by atoms with Crippen molar-refractivity contribution in [3.8, 4) is 0 Å². The molecule has 7 heteroatoms. The van der Waals surface area contributed by atoms with E-state index in [1.54, 1.807) is 6.26 Å². The zero-order valence-corrected chi connectivity index (χ0v) is 15.2. The smallest absolute Gasteiger partial charge is 0.234 e. The second-order valence-electron chi connectivity index (χ2n) is 6.94. The Hall–Kier alpha value is -2.15. The van der Waals surface area contributed by atoms with E-state index in [1.165, 1.54) is 6.42 Å². The van der Waals surface area contributed by atoms with Crippen LogP contribution in [0.5, 0.6) is 0 Å². The molecule has 3 heterocycles. The maximum Gasteiger partial charge on any atom is 0.234 e. The van der Waals surface area contributed by atoms with E-state index in [4.69, 9.17) is 4.42 Å². The fourth-order valence-electron chi connectivity index (χ4n) is 3.52. The fourth-order valence-corrected chi connectivity index (χ4v) is 3.52. The molecular formula is C18H27N5O2. The first kappa shape index (κ1) is 17.7. The van der Waals surface area contributed by atoms with Crippen molar-refractivity contribution in [2.24, 2.45) is 5.92 Å². The Morgan fingerprint density at radius 1 is 1.48 bits per heavy atom. The minimum absolute atomic E-state index is 0.0392. The van der Waals surface area contributed by atoms with Crippen LogP contribution in [0, 0.1) is 19.8 Å². The van der Waals surface area contributed by atoms with Gasteiger partial charge in [-0.15, -0.1) is 0 Å².